The zero-order valence-corrected chi connectivity index (χ0v) is 15.5. The lowest BCUT2D eigenvalue weighted by Gasteiger charge is -2.24. The molecule has 1 unspecified atom stereocenters. The molecular weight excluding hydrogens is 368 g/mol. The Morgan fingerprint density at radius 2 is 2.26 bits per heavy atom. The number of hydrogen-bond acceptors (Lipinski definition) is 1. The van der Waals surface area contributed by atoms with Crippen molar-refractivity contribution in [2.24, 2.45) is 0 Å². The summed E-state index contributed by atoms with van der Waals surface area (Å²) in [5.41, 5.74) is 5.33. The van der Waals surface area contributed by atoms with E-state index in [0.29, 0.717) is 6.04 Å². The predicted octanol–water partition coefficient (Wildman–Crippen LogP) is 6.02. The lowest BCUT2D eigenvalue weighted by atomic mass is 9.91. The summed E-state index contributed by atoms with van der Waals surface area (Å²) in [6, 6.07) is 6.92. The summed E-state index contributed by atoms with van der Waals surface area (Å²) in [5.74, 6) is 0. The average molecular weight is 387 g/mol. The maximum absolute atomic E-state index is 3.95. The minimum Gasteiger partial charge on any atom is -0.356 e. The van der Waals surface area contributed by atoms with Gasteiger partial charge in [-0.15, -0.1) is 11.8 Å². The van der Waals surface area contributed by atoms with Gasteiger partial charge in [0, 0.05) is 43.9 Å². The molecule has 0 saturated carbocycles. The third-order valence-corrected chi connectivity index (χ3v) is 6.05. The van der Waals surface area contributed by atoms with Crippen LogP contribution in [0.5, 0.6) is 0 Å². The molecule has 118 valence electrons. The van der Waals surface area contributed by atoms with Gasteiger partial charge in [-0.05, 0) is 49.3 Å². The van der Waals surface area contributed by atoms with Gasteiger partial charge in [0.05, 0.1) is 6.04 Å². The second-order valence-corrected chi connectivity index (χ2v) is 7.81. The van der Waals surface area contributed by atoms with Gasteiger partial charge in [-0.2, -0.15) is 0 Å². The Morgan fingerprint density at radius 3 is 3.00 bits per heavy atom. The maximum Gasteiger partial charge on any atom is 0.0733 e. The molecule has 0 amide bonds. The molecule has 3 aromatic rings. The molecule has 4 rings (SSSR count). The molecular formula is C19H19BrN2S. The van der Waals surface area contributed by atoms with Crippen molar-refractivity contribution in [3.05, 3.63) is 58.5 Å². The highest BCUT2D eigenvalue weighted by atomic mass is 79.9. The summed E-state index contributed by atoms with van der Waals surface area (Å²) in [4.78, 5) is 4.98. The fraction of sp³-hybridized carbons (Fsp3) is 0.263. The maximum atomic E-state index is 3.95. The summed E-state index contributed by atoms with van der Waals surface area (Å²) in [6.45, 7) is 3.95. The van der Waals surface area contributed by atoms with Crippen molar-refractivity contribution >= 4 is 44.7 Å². The molecule has 0 spiro atoms. The van der Waals surface area contributed by atoms with E-state index in [0.717, 1.165) is 10.9 Å². The number of nitrogens with one attached hydrogen (secondary N) is 1. The quantitative estimate of drug-likeness (QED) is 0.545. The first kappa shape index (κ1) is 15.2. The Balaban J connectivity index is 1.86. The molecule has 2 nitrogen and oxygen atoms in total. The monoisotopic (exact) mass is 386 g/mol. The van der Waals surface area contributed by atoms with E-state index in [1.165, 1.54) is 45.5 Å². The van der Waals surface area contributed by atoms with Gasteiger partial charge in [0.15, 0.2) is 0 Å². The Labute approximate surface area is 149 Å². The number of hydrogen-bond donors (Lipinski definition) is 1. The Morgan fingerprint density at radius 1 is 1.39 bits per heavy atom. The van der Waals surface area contributed by atoms with E-state index in [4.69, 9.17) is 0 Å². The van der Waals surface area contributed by atoms with Crippen molar-refractivity contribution in [3.8, 4) is 0 Å². The molecule has 2 aromatic heterocycles. The molecule has 23 heavy (non-hydrogen) atoms. The van der Waals surface area contributed by atoms with Crippen molar-refractivity contribution in [2.75, 3.05) is 6.26 Å². The van der Waals surface area contributed by atoms with Gasteiger partial charge in [0.1, 0.15) is 0 Å². The van der Waals surface area contributed by atoms with Crippen LogP contribution in [-0.2, 0) is 6.42 Å². The highest BCUT2D eigenvalue weighted by Crippen LogP contribution is 2.39. The van der Waals surface area contributed by atoms with Crippen LogP contribution >= 0.6 is 27.7 Å². The largest absolute Gasteiger partial charge is 0.356 e. The SMILES string of the molecule is C=Cc1cn(C2CCCc3c2[nH]c2ccc(Br)cc32)cc1SC. The van der Waals surface area contributed by atoms with Crippen molar-refractivity contribution in [1.82, 2.24) is 9.55 Å². The number of aromatic nitrogens is 2. The van der Waals surface area contributed by atoms with E-state index in [2.05, 4.69) is 68.9 Å². The average Bonchev–Trinajstić information content (AvgIpc) is 3.15. The number of aryl methyl sites for hydroxylation is 1. The third-order valence-electron chi connectivity index (χ3n) is 4.78. The summed E-state index contributed by atoms with van der Waals surface area (Å²) < 4.78 is 3.51. The van der Waals surface area contributed by atoms with Crippen LogP contribution in [0.1, 0.15) is 35.7 Å². The van der Waals surface area contributed by atoms with Gasteiger partial charge in [-0.3, -0.25) is 0 Å². The number of nitrogens with zero attached hydrogens (tertiary/aromatic N) is 1. The number of H-pyrrole nitrogens is 1. The van der Waals surface area contributed by atoms with Gasteiger partial charge in [0.2, 0.25) is 0 Å². The molecule has 1 aliphatic rings. The van der Waals surface area contributed by atoms with Crippen LogP contribution in [0.2, 0.25) is 0 Å². The van der Waals surface area contributed by atoms with Crippen LogP contribution in [0.4, 0.5) is 0 Å². The van der Waals surface area contributed by atoms with E-state index in [-0.39, 0.29) is 0 Å². The zero-order chi connectivity index (χ0) is 16.0. The van der Waals surface area contributed by atoms with Crippen LogP contribution < -0.4 is 0 Å². The van der Waals surface area contributed by atoms with E-state index in [1.807, 2.05) is 6.08 Å². The molecule has 4 heteroatoms. The van der Waals surface area contributed by atoms with Crippen LogP contribution in [0.25, 0.3) is 17.0 Å². The zero-order valence-electron chi connectivity index (χ0n) is 13.1. The fourth-order valence-corrected chi connectivity index (χ4v) is 4.64. The van der Waals surface area contributed by atoms with Gasteiger partial charge < -0.3 is 9.55 Å². The van der Waals surface area contributed by atoms with Gasteiger partial charge >= 0.3 is 0 Å². The number of aromatic amines is 1. The van der Waals surface area contributed by atoms with Crippen LogP contribution in [0.3, 0.4) is 0 Å². The molecule has 1 N–H and O–H groups in total. The van der Waals surface area contributed by atoms with Gasteiger partial charge in [-0.25, -0.2) is 0 Å². The molecule has 0 radical (unpaired) electrons. The van der Waals surface area contributed by atoms with E-state index < -0.39 is 0 Å². The first-order valence-electron chi connectivity index (χ1n) is 7.89. The molecule has 1 aliphatic carbocycles. The van der Waals surface area contributed by atoms with Crippen LogP contribution in [0, 0.1) is 0 Å². The third kappa shape index (κ3) is 2.48. The summed E-state index contributed by atoms with van der Waals surface area (Å²) >= 11 is 5.39. The normalized spacial score (nSPS) is 17.4. The Kier molecular flexibility index (Phi) is 3.90. The minimum absolute atomic E-state index is 0.393. The molecule has 0 saturated heterocycles. The van der Waals surface area contributed by atoms with Crippen molar-refractivity contribution in [1.29, 1.82) is 0 Å². The van der Waals surface area contributed by atoms with Crippen molar-refractivity contribution in [3.63, 3.8) is 0 Å². The lowest BCUT2D eigenvalue weighted by Crippen LogP contribution is -2.15. The van der Waals surface area contributed by atoms with Crippen LogP contribution in [-0.4, -0.2) is 15.8 Å². The topological polar surface area (TPSA) is 20.7 Å². The number of rotatable bonds is 3. The molecule has 0 fully saturated rings. The van der Waals surface area contributed by atoms with E-state index in [9.17, 15) is 0 Å². The van der Waals surface area contributed by atoms with Crippen molar-refractivity contribution in [2.45, 2.75) is 30.2 Å². The number of fused-ring (bicyclic) bond motifs is 3. The molecule has 1 atom stereocenters. The summed E-state index contributed by atoms with van der Waals surface area (Å²) in [7, 11) is 0. The smallest absolute Gasteiger partial charge is 0.0733 e. The molecule has 1 aromatic carbocycles. The van der Waals surface area contributed by atoms with Crippen molar-refractivity contribution < 1.29 is 0 Å². The molecule has 0 aliphatic heterocycles. The standard InChI is InChI=1S/C19H19BrN2S/c1-3-12-10-22(11-18(12)23-2)17-6-4-5-14-15-9-13(20)7-8-16(15)21-19(14)17/h3,7-11,17,21H,1,4-6H2,2H3. The highest BCUT2D eigenvalue weighted by Gasteiger charge is 2.26. The van der Waals surface area contributed by atoms with E-state index >= 15 is 0 Å². The van der Waals surface area contributed by atoms with E-state index in [1.54, 1.807) is 11.8 Å². The highest BCUT2D eigenvalue weighted by molar-refractivity contribution is 9.10. The summed E-state index contributed by atoms with van der Waals surface area (Å²) in [5, 5.41) is 1.36. The molecule has 2 heterocycles. The predicted molar refractivity (Wildman–Crippen MR) is 103 cm³/mol. The first-order chi connectivity index (χ1) is 11.2. The number of halogens is 1. The number of benzene rings is 1. The van der Waals surface area contributed by atoms with Gasteiger partial charge in [-0.1, -0.05) is 28.6 Å². The number of thioether (sulfide) groups is 1. The second kappa shape index (κ2) is 5.91. The fourth-order valence-electron chi connectivity index (χ4n) is 3.68. The first-order valence-corrected chi connectivity index (χ1v) is 9.91. The summed E-state index contributed by atoms with van der Waals surface area (Å²) in [6.07, 6.45) is 12.2. The Hall–Kier alpha value is -1.39. The molecule has 0 bridgehead atoms. The van der Waals surface area contributed by atoms with Gasteiger partial charge in [0.25, 0.3) is 0 Å². The second-order valence-electron chi connectivity index (χ2n) is 6.05. The lowest BCUT2D eigenvalue weighted by molar-refractivity contribution is 0.483. The minimum atomic E-state index is 0.393. The Bertz CT molecular complexity index is 890. The van der Waals surface area contributed by atoms with Crippen LogP contribution in [0.15, 0.2) is 46.5 Å².